The lowest BCUT2D eigenvalue weighted by Crippen LogP contribution is -2.46. The van der Waals surface area contributed by atoms with E-state index in [0.29, 0.717) is 12.2 Å². The summed E-state index contributed by atoms with van der Waals surface area (Å²) in [6, 6.07) is 14.4. The van der Waals surface area contributed by atoms with E-state index in [4.69, 9.17) is 9.73 Å². The molecule has 1 N–H and O–H groups in total. The first-order valence-corrected chi connectivity index (χ1v) is 17.3. The molecular formula is C38H60N3O2+. The molecule has 2 aromatic rings. The summed E-state index contributed by atoms with van der Waals surface area (Å²) >= 11 is 0. The van der Waals surface area contributed by atoms with E-state index in [-0.39, 0.29) is 11.4 Å². The van der Waals surface area contributed by atoms with Gasteiger partial charge in [0.05, 0.1) is 50.3 Å². The van der Waals surface area contributed by atoms with Crippen LogP contribution >= 0.6 is 0 Å². The van der Waals surface area contributed by atoms with Crippen molar-refractivity contribution in [3.05, 3.63) is 59.2 Å². The van der Waals surface area contributed by atoms with E-state index in [9.17, 15) is 4.79 Å². The zero-order chi connectivity index (χ0) is 31.1. The Bertz CT molecular complexity index is 1140. The molecule has 1 heterocycles. The quantitative estimate of drug-likeness (QED) is 0.0894. The Morgan fingerprint density at radius 1 is 0.791 bits per heavy atom. The first-order chi connectivity index (χ1) is 20.7. The molecular weight excluding hydrogens is 530 g/mol. The fraction of sp³-hybridized carbons (Fsp3) is 0.632. The lowest BCUT2D eigenvalue weighted by Gasteiger charge is -2.35. The minimum Gasteiger partial charge on any atom is -0.462 e. The summed E-state index contributed by atoms with van der Waals surface area (Å²) in [5.41, 5.74) is 5.62. The van der Waals surface area contributed by atoms with Crippen molar-refractivity contribution in [3.63, 3.8) is 0 Å². The van der Waals surface area contributed by atoms with Gasteiger partial charge in [-0.05, 0) is 93.3 Å². The van der Waals surface area contributed by atoms with E-state index >= 15 is 0 Å². The van der Waals surface area contributed by atoms with Crippen molar-refractivity contribution < 1.29 is 14.0 Å². The Kier molecular flexibility index (Phi) is 14.2. The van der Waals surface area contributed by atoms with Crippen molar-refractivity contribution in [1.82, 2.24) is 0 Å². The highest BCUT2D eigenvalue weighted by Crippen LogP contribution is 2.42. The van der Waals surface area contributed by atoms with Gasteiger partial charge in [0.25, 0.3) is 0 Å². The van der Waals surface area contributed by atoms with Gasteiger partial charge < -0.3 is 14.5 Å². The third kappa shape index (κ3) is 10.5. The fourth-order valence-corrected chi connectivity index (χ4v) is 6.42. The van der Waals surface area contributed by atoms with Crippen molar-refractivity contribution in [2.24, 2.45) is 4.99 Å². The molecule has 238 valence electrons. The monoisotopic (exact) mass is 590 g/mol. The molecule has 0 bridgehead atoms. The van der Waals surface area contributed by atoms with Gasteiger partial charge in [-0.25, -0.2) is 4.79 Å². The number of rotatable bonds is 21. The van der Waals surface area contributed by atoms with Crippen molar-refractivity contribution in [3.8, 4) is 0 Å². The van der Waals surface area contributed by atoms with Gasteiger partial charge >= 0.3 is 5.97 Å². The maximum atomic E-state index is 12.3. The number of benzene rings is 2. The predicted molar refractivity (Wildman–Crippen MR) is 184 cm³/mol. The molecule has 0 fully saturated rings. The zero-order valence-corrected chi connectivity index (χ0v) is 28.3. The van der Waals surface area contributed by atoms with Crippen LogP contribution in [0.2, 0.25) is 0 Å². The highest BCUT2D eigenvalue weighted by Gasteiger charge is 2.36. The summed E-state index contributed by atoms with van der Waals surface area (Å²) in [5, 5.41) is 3.62. The Labute approximate surface area is 263 Å². The molecule has 5 heteroatoms. The van der Waals surface area contributed by atoms with Crippen LogP contribution in [-0.4, -0.2) is 56.0 Å². The van der Waals surface area contributed by atoms with Crippen LogP contribution in [0.5, 0.6) is 0 Å². The molecule has 0 radical (unpaired) electrons. The highest BCUT2D eigenvalue weighted by atomic mass is 16.5. The summed E-state index contributed by atoms with van der Waals surface area (Å²) in [7, 11) is 2.51. The molecule has 0 atom stereocenters. The number of aliphatic imine (C=N–C) groups is 1. The van der Waals surface area contributed by atoms with Gasteiger partial charge in [-0.2, -0.15) is 0 Å². The molecule has 0 spiro atoms. The highest BCUT2D eigenvalue weighted by molar-refractivity contribution is 6.12. The van der Waals surface area contributed by atoms with E-state index < -0.39 is 0 Å². The summed E-state index contributed by atoms with van der Waals surface area (Å²) in [6.07, 6.45) is 16.1. The van der Waals surface area contributed by atoms with Gasteiger partial charge in [0.1, 0.15) is 0 Å². The van der Waals surface area contributed by atoms with Crippen LogP contribution in [0, 0.1) is 0 Å². The third-order valence-corrected chi connectivity index (χ3v) is 9.22. The van der Waals surface area contributed by atoms with Gasteiger partial charge in [0, 0.05) is 17.6 Å². The van der Waals surface area contributed by atoms with E-state index in [1.54, 1.807) is 0 Å². The molecule has 43 heavy (non-hydrogen) atoms. The van der Waals surface area contributed by atoms with Crippen molar-refractivity contribution >= 4 is 23.1 Å². The molecule has 0 aromatic heterocycles. The van der Waals surface area contributed by atoms with Crippen LogP contribution in [0.3, 0.4) is 0 Å². The number of carbonyl (C=O) groups is 1. The Balaban J connectivity index is 1.42. The summed E-state index contributed by atoms with van der Waals surface area (Å²) < 4.78 is 6.48. The second-order valence-corrected chi connectivity index (χ2v) is 13.4. The van der Waals surface area contributed by atoms with E-state index in [1.165, 1.54) is 101 Å². The first-order valence-electron chi connectivity index (χ1n) is 17.3. The molecule has 5 nitrogen and oxygen atoms in total. The molecule has 0 saturated carbocycles. The van der Waals surface area contributed by atoms with Gasteiger partial charge in [-0.15, -0.1) is 0 Å². The van der Waals surface area contributed by atoms with Crippen molar-refractivity contribution in [2.45, 2.75) is 117 Å². The zero-order valence-electron chi connectivity index (χ0n) is 28.3. The summed E-state index contributed by atoms with van der Waals surface area (Å²) in [4.78, 5) is 17.2. The summed E-state index contributed by atoms with van der Waals surface area (Å²) in [6.45, 7) is 16.2. The smallest absolute Gasteiger partial charge is 0.338 e. The van der Waals surface area contributed by atoms with Crippen LogP contribution in [0.1, 0.15) is 133 Å². The molecule has 0 unspecified atom stereocenters. The molecule has 0 amide bonds. The SMILES string of the molecule is CCCCCC[N+](C)(CCCCCC)CCCCCCNc1ccc(C2=Nc3ccc(C(=O)OCC)cc3C2(C)C)cc1. The number of esters is 1. The first kappa shape index (κ1) is 34.8. The maximum absolute atomic E-state index is 12.3. The average Bonchev–Trinajstić information content (AvgIpc) is 3.27. The number of carbonyl (C=O) groups excluding carboxylic acids is 1. The van der Waals surface area contributed by atoms with Gasteiger partial charge in [-0.3, -0.25) is 4.99 Å². The third-order valence-electron chi connectivity index (χ3n) is 9.22. The van der Waals surface area contributed by atoms with E-state index in [2.05, 4.69) is 64.3 Å². The maximum Gasteiger partial charge on any atom is 0.338 e. The number of hydrogen-bond acceptors (Lipinski definition) is 4. The molecule has 0 saturated heterocycles. The van der Waals surface area contributed by atoms with Crippen LogP contribution in [0.4, 0.5) is 11.4 Å². The van der Waals surface area contributed by atoms with Crippen molar-refractivity contribution in [2.75, 3.05) is 45.2 Å². The van der Waals surface area contributed by atoms with Crippen molar-refractivity contribution in [1.29, 1.82) is 0 Å². The Morgan fingerprint density at radius 3 is 1.95 bits per heavy atom. The normalized spacial score (nSPS) is 14.0. The van der Waals surface area contributed by atoms with Gasteiger partial charge in [-0.1, -0.05) is 71.9 Å². The predicted octanol–water partition coefficient (Wildman–Crippen LogP) is 9.85. The number of nitrogens with one attached hydrogen (secondary N) is 1. The standard InChI is InChI=1S/C38H59N3O2/c1-7-10-12-17-27-41(6,28-18-13-11-8-2)29-19-15-14-16-26-39-33-23-20-31(21-24-33)36-38(4,5)34-30-32(37(42)43-9-3)22-25-35(34)40-36/h20-25,30H,7-19,26-29H2,1-6H3/p+1. The lowest BCUT2D eigenvalue weighted by molar-refractivity contribution is -0.910. The molecule has 3 rings (SSSR count). The Morgan fingerprint density at radius 2 is 1.37 bits per heavy atom. The molecule has 1 aliphatic rings. The van der Waals surface area contributed by atoms with E-state index in [1.807, 2.05) is 25.1 Å². The molecule has 1 aliphatic heterocycles. The number of quaternary nitrogens is 1. The van der Waals surface area contributed by atoms with E-state index in [0.717, 1.165) is 34.8 Å². The van der Waals surface area contributed by atoms with Crippen LogP contribution in [0.15, 0.2) is 47.5 Å². The van der Waals surface area contributed by atoms with Crippen LogP contribution in [0.25, 0.3) is 0 Å². The Hall–Kier alpha value is -2.66. The second-order valence-electron chi connectivity index (χ2n) is 13.4. The number of hydrogen-bond donors (Lipinski definition) is 1. The minimum absolute atomic E-state index is 0.279. The van der Waals surface area contributed by atoms with Crippen LogP contribution < -0.4 is 5.32 Å². The van der Waals surface area contributed by atoms with Gasteiger partial charge in [0.2, 0.25) is 0 Å². The molecule has 0 aliphatic carbocycles. The number of unbranched alkanes of at least 4 members (excludes halogenated alkanes) is 9. The molecule has 2 aromatic carbocycles. The number of anilines is 1. The topological polar surface area (TPSA) is 50.7 Å². The summed E-state index contributed by atoms with van der Waals surface area (Å²) in [5.74, 6) is -0.279. The largest absolute Gasteiger partial charge is 0.462 e. The van der Waals surface area contributed by atoms with Crippen LogP contribution in [-0.2, 0) is 10.2 Å². The lowest BCUT2D eigenvalue weighted by atomic mass is 9.78. The number of fused-ring (bicyclic) bond motifs is 1. The number of nitrogens with zero attached hydrogens (tertiary/aromatic N) is 2. The average molecular weight is 591 g/mol. The van der Waals surface area contributed by atoms with Gasteiger partial charge in [0.15, 0.2) is 0 Å². The number of ether oxygens (including phenoxy) is 1. The second kappa shape index (κ2) is 17.6. The fourth-order valence-electron chi connectivity index (χ4n) is 6.42. The minimum atomic E-state index is -0.285.